The Morgan fingerprint density at radius 1 is 1.38 bits per heavy atom. The first-order valence-electron chi connectivity index (χ1n) is 6.21. The zero-order valence-corrected chi connectivity index (χ0v) is 10.6. The number of hydrogen-bond acceptors (Lipinski definition) is 1. The third-order valence-electron chi connectivity index (χ3n) is 3.14. The maximum Gasteiger partial charge on any atom is 0.122 e. The van der Waals surface area contributed by atoms with Crippen molar-refractivity contribution < 1.29 is 4.74 Å². The van der Waals surface area contributed by atoms with Crippen LogP contribution in [0.5, 0.6) is 5.75 Å². The van der Waals surface area contributed by atoms with E-state index in [-0.39, 0.29) is 5.38 Å². The fraction of sp³-hybridized carbons (Fsp3) is 0.571. The second-order valence-corrected chi connectivity index (χ2v) is 4.96. The zero-order chi connectivity index (χ0) is 11.4. The van der Waals surface area contributed by atoms with Gasteiger partial charge in [0.05, 0.1) is 12.0 Å². The van der Waals surface area contributed by atoms with Gasteiger partial charge in [-0.3, -0.25) is 0 Å². The molecule has 1 heterocycles. The lowest BCUT2D eigenvalue weighted by Crippen LogP contribution is -1.92. The van der Waals surface area contributed by atoms with E-state index in [4.69, 9.17) is 16.3 Å². The highest BCUT2D eigenvalue weighted by Gasteiger charge is 2.15. The third-order valence-corrected chi connectivity index (χ3v) is 3.61. The minimum absolute atomic E-state index is 0.164. The number of ether oxygens (including phenoxy) is 1. The van der Waals surface area contributed by atoms with Gasteiger partial charge in [0.1, 0.15) is 5.75 Å². The largest absolute Gasteiger partial charge is 0.493 e. The van der Waals surface area contributed by atoms with Gasteiger partial charge in [-0.1, -0.05) is 38.3 Å². The highest BCUT2D eigenvalue weighted by Crippen LogP contribution is 2.32. The van der Waals surface area contributed by atoms with Crippen LogP contribution < -0.4 is 4.74 Å². The van der Waals surface area contributed by atoms with Gasteiger partial charge in [0, 0.05) is 6.42 Å². The van der Waals surface area contributed by atoms with Crippen molar-refractivity contribution in [3.8, 4) is 5.75 Å². The van der Waals surface area contributed by atoms with E-state index in [2.05, 4.69) is 25.1 Å². The second kappa shape index (κ2) is 5.58. The molecule has 1 aromatic carbocycles. The van der Waals surface area contributed by atoms with Crippen molar-refractivity contribution in [2.45, 2.75) is 44.4 Å². The molecule has 88 valence electrons. The first kappa shape index (κ1) is 11.8. The smallest absolute Gasteiger partial charge is 0.122 e. The van der Waals surface area contributed by atoms with Gasteiger partial charge >= 0.3 is 0 Å². The molecule has 1 unspecified atom stereocenters. The molecule has 0 saturated heterocycles. The standard InChI is InChI=1S/C14H19ClO/c1-2-3-4-5-13(15)11-6-7-14-12(10-11)8-9-16-14/h6-7,10,13H,2-5,8-9H2,1H3. The summed E-state index contributed by atoms with van der Waals surface area (Å²) in [6.07, 6.45) is 5.86. The molecule has 0 radical (unpaired) electrons. The minimum atomic E-state index is 0.164. The van der Waals surface area contributed by atoms with Crippen LogP contribution in [-0.4, -0.2) is 6.61 Å². The molecule has 2 rings (SSSR count). The maximum absolute atomic E-state index is 6.40. The van der Waals surface area contributed by atoms with E-state index in [0.29, 0.717) is 0 Å². The summed E-state index contributed by atoms with van der Waals surface area (Å²) >= 11 is 6.40. The molecule has 1 aliphatic heterocycles. The zero-order valence-electron chi connectivity index (χ0n) is 9.84. The number of fused-ring (bicyclic) bond motifs is 1. The predicted octanol–water partition coefficient (Wildman–Crippen LogP) is 4.48. The van der Waals surface area contributed by atoms with Crippen molar-refractivity contribution in [2.24, 2.45) is 0 Å². The van der Waals surface area contributed by atoms with Crippen molar-refractivity contribution in [2.75, 3.05) is 6.61 Å². The summed E-state index contributed by atoms with van der Waals surface area (Å²) in [5, 5.41) is 0.164. The Kier molecular flexibility index (Phi) is 4.11. The van der Waals surface area contributed by atoms with E-state index < -0.39 is 0 Å². The molecule has 2 heteroatoms. The number of benzene rings is 1. The molecule has 0 bridgehead atoms. The molecule has 1 nitrogen and oxygen atoms in total. The molecule has 0 aliphatic carbocycles. The Hall–Kier alpha value is -0.690. The number of unbranched alkanes of at least 4 members (excludes halogenated alkanes) is 2. The summed E-state index contributed by atoms with van der Waals surface area (Å²) in [6, 6.07) is 6.38. The third kappa shape index (κ3) is 2.70. The van der Waals surface area contributed by atoms with Gasteiger partial charge in [-0.2, -0.15) is 0 Å². The van der Waals surface area contributed by atoms with Crippen LogP contribution in [0, 0.1) is 0 Å². The molecular formula is C14H19ClO. The van der Waals surface area contributed by atoms with Crippen LogP contribution >= 0.6 is 11.6 Å². The Bertz CT molecular complexity index is 349. The molecule has 0 aromatic heterocycles. The minimum Gasteiger partial charge on any atom is -0.493 e. The number of hydrogen-bond donors (Lipinski definition) is 0. The SMILES string of the molecule is CCCCCC(Cl)c1ccc2c(c1)CCO2. The van der Waals surface area contributed by atoms with Gasteiger partial charge in [0.25, 0.3) is 0 Å². The molecule has 0 amide bonds. The van der Waals surface area contributed by atoms with E-state index in [1.807, 2.05) is 0 Å². The average molecular weight is 239 g/mol. The van der Waals surface area contributed by atoms with Crippen molar-refractivity contribution in [3.05, 3.63) is 29.3 Å². The van der Waals surface area contributed by atoms with E-state index in [1.165, 1.54) is 30.4 Å². The fourth-order valence-corrected chi connectivity index (χ4v) is 2.43. The van der Waals surface area contributed by atoms with Crippen molar-refractivity contribution in [3.63, 3.8) is 0 Å². The summed E-state index contributed by atoms with van der Waals surface area (Å²) in [6.45, 7) is 3.04. The Morgan fingerprint density at radius 2 is 2.25 bits per heavy atom. The average Bonchev–Trinajstić information content (AvgIpc) is 2.76. The molecule has 0 fully saturated rings. The van der Waals surface area contributed by atoms with Crippen LogP contribution in [-0.2, 0) is 6.42 Å². The first-order valence-corrected chi connectivity index (χ1v) is 6.64. The van der Waals surface area contributed by atoms with Crippen LogP contribution in [0.3, 0.4) is 0 Å². The summed E-state index contributed by atoms with van der Waals surface area (Å²) in [5.41, 5.74) is 2.57. The van der Waals surface area contributed by atoms with Crippen LogP contribution in [0.15, 0.2) is 18.2 Å². The van der Waals surface area contributed by atoms with Gasteiger partial charge in [-0.05, 0) is 23.6 Å². The number of halogens is 1. The molecule has 16 heavy (non-hydrogen) atoms. The summed E-state index contributed by atoms with van der Waals surface area (Å²) in [5.74, 6) is 1.04. The number of alkyl halides is 1. The second-order valence-electron chi connectivity index (χ2n) is 4.43. The van der Waals surface area contributed by atoms with E-state index in [1.54, 1.807) is 0 Å². The van der Waals surface area contributed by atoms with Crippen molar-refractivity contribution in [1.29, 1.82) is 0 Å². The summed E-state index contributed by atoms with van der Waals surface area (Å²) in [4.78, 5) is 0. The van der Waals surface area contributed by atoms with Crippen LogP contribution in [0.1, 0.15) is 49.1 Å². The number of rotatable bonds is 5. The van der Waals surface area contributed by atoms with Crippen molar-refractivity contribution >= 4 is 11.6 Å². The van der Waals surface area contributed by atoms with E-state index in [0.717, 1.165) is 25.2 Å². The van der Waals surface area contributed by atoms with Crippen LogP contribution in [0.25, 0.3) is 0 Å². The highest BCUT2D eigenvalue weighted by molar-refractivity contribution is 6.20. The lowest BCUT2D eigenvalue weighted by atomic mass is 10.0. The monoisotopic (exact) mass is 238 g/mol. The van der Waals surface area contributed by atoms with Gasteiger partial charge in [-0.25, -0.2) is 0 Å². The van der Waals surface area contributed by atoms with Gasteiger partial charge in [-0.15, -0.1) is 11.6 Å². The topological polar surface area (TPSA) is 9.23 Å². The van der Waals surface area contributed by atoms with Gasteiger partial charge in [0.2, 0.25) is 0 Å². The molecule has 1 aromatic rings. The van der Waals surface area contributed by atoms with Crippen LogP contribution in [0.4, 0.5) is 0 Å². The Morgan fingerprint density at radius 3 is 3.06 bits per heavy atom. The van der Waals surface area contributed by atoms with E-state index >= 15 is 0 Å². The van der Waals surface area contributed by atoms with E-state index in [9.17, 15) is 0 Å². The van der Waals surface area contributed by atoms with Crippen molar-refractivity contribution in [1.82, 2.24) is 0 Å². The lowest BCUT2D eigenvalue weighted by Gasteiger charge is -2.10. The molecule has 0 spiro atoms. The Balaban J connectivity index is 1.98. The predicted molar refractivity (Wildman–Crippen MR) is 68.4 cm³/mol. The molecular weight excluding hydrogens is 220 g/mol. The van der Waals surface area contributed by atoms with Crippen LogP contribution in [0.2, 0.25) is 0 Å². The van der Waals surface area contributed by atoms with Gasteiger partial charge < -0.3 is 4.74 Å². The highest BCUT2D eigenvalue weighted by atomic mass is 35.5. The Labute approximate surface area is 103 Å². The molecule has 1 atom stereocenters. The van der Waals surface area contributed by atoms with Gasteiger partial charge in [0.15, 0.2) is 0 Å². The summed E-state index contributed by atoms with van der Waals surface area (Å²) < 4.78 is 5.49. The molecule has 1 aliphatic rings. The molecule has 0 N–H and O–H groups in total. The normalized spacial score (nSPS) is 15.6. The maximum atomic E-state index is 6.40. The molecule has 0 saturated carbocycles. The lowest BCUT2D eigenvalue weighted by molar-refractivity contribution is 0.357. The quantitative estimate of drug-likeness (QED) is 0.543. The fourth-order valence-electron chi connectivity index (χ4n) is 2.14. The first-order chi connectivity index (χ1) is 7.81. The summed E-state index contributed by atoms with van der Waals surface area (Å²) in [7, 11) is 0.